The van der Waals surface area contributed by atoms with Gasteiger partial charge in [0.25, 0.3) is 5.56 Å². The van der Waals surface area contributed by atoms with Gasteiger partial charge in [-0.05, 0) is 42.8 Å². The number of aliphatic hydroxyl groups excluding tert-OH is 1. The van der Waals surface area contributed by atoms with Gasteiger partial charge in [0.2, 0.25) is 0 Å². The zero-order valence-electron chi connectivity index (χ0n) is 17.4. The van der Waals surface area contributed by atoms with Crippen molar-refractivity contribution in [3.63, 3.8) is 0 Å². The maximum absolute atomic E-state index is 13.4. The summed E-state index contributed by atoms with van der Waals surface area (Å²) in [6, 6.07) is 11.4. The van der Waals surface area contributed by atoms with E-state index in [2.05, 4.69) is 4.98 Å². The molecule has 1 fully saturated rings. The van der Waals surface area contributed by atoms with Crippen molar-refractivity contribution < 1.29 is 23.7 Å². The quantitative estimate of drug-likeness (QED) is 0.628. The van der Waals surface area contributed by atoms with E-state index in [4.69, 9.17) is 14.2 Å². The van der Waals surface area contributed by atoms with Crippen LogP contribution in [0.15, 0.2) is 47.3 Å². The van der Waals surface area contributed by atoms with Crippen molar-refractivity contribution >= 4 is 10.9 Å². The van der Waals surface area contributed by atoms with E-state index in [9.17, 15) is 14.3 Å². The molecular weight excluding hydrogens is 403 g/mol. The highest BCUT2D eigenvalue weighted by Gasteiger charge is 2.30. The number of β-amino-alcohol motifs (C(OH)–C–C–N with tert-alkyl or cyclic N) is 1. The van der Waals surface area contributed by atoms with Crippen LogP contribution in [0.3, 0.4) is 0 Å². The number of rotatable bonds is 6. The minimum atomic E-state index is -0.761. The van der Waals surface area contributed by atoms with Gasteiger partial charge in [0, 0.05) is 42.2 Å². The van der Waals surface area contributed by atoms with Gasteiger partial charge in [-0.3, -0.25) is 9.69 Å². The lowest BCUT2D eigenvalue weighted by Gasteiger charge is -2.36. The van der Waals surface area contributed by atoms with Crippen LogP contribution in [0.4, 0.5) is 4.39 Å². The number of ether oxygens (including phenoxy) is 3. The molecule has 2 atom stereocenters. The van der Waals surface area contributed by atoms with Crippen molar-refractivity contribution in [1.29, 1.82) is 0 Å². The molecule has 0 aliphatic carbocycles. The minimum Gasteiger partial charge on any atom is -0.497 e. The van der Waals surface area contributed by atoms with Gasteiger partial charge in [0.15, 0.2) is 11.5 Å². The third-order valence-corrected chi connectivity index (χ3v) is 5.53. The molecule has 0 bridgehead atoms. The number of aromatic amines is 1. The average Bonchev–Trinajstić information content (AvgIpc) is 2.76. The molecular formula is C23H25FN2O5. The molecule has 2 aromatic carbocycles. The Bertz CT molecular complexity index is 1130. The van der Waals surface area contributed by atoms with Gasteiger partial charge in [-0.2, -0.15) is 0 Å². The van der Waals surface area contributed by atoms with E-state index in [1.165, 1.54) is 25.3 Å². The molecule has 0 spiro atoms. The molecule has 0 radical (unpaired) electrons. The molecule has 31 heavy (non-hydrogen) atoms. The fraction of sp³-hybridized carbons (Fsp3) is 0.348. The first kappa shape index (κ1) is 21.1. The molecule has 0 amide bonds. The number of pyridine rings is 1. The normalized spacial score (nSPS) is 19.4. The van der Waals surface area contributed by atoms with Crippen LogP contribution in [0.2, 0.25) is 0 Å². The zero-order valence-corrected chi connectivity index (χ0v) is 17.4. The van der Waals surface area contributed by atoms with Gasteiger partial charge in [-0.25, -0.2) is 4.39 Å². The molecule has 0 saturated carbocycles. The van der Waals surface area contributed by atoms with E-state index in [0.717, 1.165) is 16.7 Å². The molecule has 4 rings (SSSR count). The molecule has 0 unspecified atom stereocenters. The smallest absolute Gasteiger partial charge is 0.252 e. The highest BCUT2D eigenvalue weighted by molar-refractivity contribution is 5.80. The van der Waals surface area contributed by atoms with E-state index in [-0.39, 0.29) is 11.3 Å². The second-order valence-corrected chi connectivity index (χ2v) is 7.62. The number of aromatic nitrogens is 1. The third-order valence-electron chi connectivity index (χ3n) is 5.53. The summed E-state index contributed by atoms with van der Waals surface area (Å²) in [5.74, 6) is 0.974. The molecule has 1 aliphatic heterocycles. The van der Waals surface area contributed by atoms with Crippen LogP contribution in [-0.4, -0.2) is 54.5 Å². The van der Waals surface area contributed by atoms with Crippen LogP contribution in [0.1, 0.15) is 12.0 Å². The number of nitrogens with zero attached hydrogens (tertiary/aromatic N) is 1. The lowest BCUT2D eigenvalue weighted by molar-refractivity contribution is -0.0284. The highest BCUT2D eigenvalue weighted by Crippen LogP contribution is 2.30. The lowest BCUT2D eigenvalue weighted by atomic mass is 10.0. The summed E-state index contributed by atoms with van der Waals surface area (Å²) >= 11 is 0. The Labute approximate surface area is 179 Å². The van der Waals surface area contributed by atoms with E-state index in [0.29, 0.717) is 37.4 Å². The number of fused-ring (bicyclic) bond motifs is 1. The summed E-state index contributed by atoms with van der Waals surface area (Å²) in [5, 5.41) is 11.5. The minimum absolute atomic E-state index is 0.151. The second-order valence-electron chi connectivity index (χ2n) is 7.62. The number of aliphatic hydroxyl groups is 1. The van der Waals surface area contributed by atoms with Crippen molar-refractivity contribution in [1.82, 2.24) is 9.88 Å². The first-order valence-corrected chi connectivity index (χ1v) is 10.1. The lowest BCUT2D eigenvalue weighted by Crippen LogP contribution is -2.49. The molecule has 1 aliphatic rings. The summed E-state index contributed by atoms with van der Waals surface area (Å²) in [7, 11) is 3.04. The van der Waals surface area contributed by atoms with Crippen LogP contribution >= 0.6 is 0 Å². The first-order chi connectivity index (χ1) is 15.0. The predicted molar refractivity (Wildman–Crippen MR) is 114 cm³/mol. The maximum Gasteiger partial charge on any atom is 0.252 e. The predicted octanol–water partition coefficient (Wildman–Crippen LogP) is 2.70. The number of piperidine rings is 1. The van der Waals surface area contributed by atoms with Gasteiger partial charge in [0.1, 0.15) is 23.8 Å². The van der Waals surface area contributed by atoms with E-state index in [1.54, 1.807) is 13.2 Å². The van der Waals surface area contributed by atoms with Gasteiger partial charge in [0.05, 0.1) is 14.2 Å². The van der Waals surface area contributed by atoms with Crippen molar-refractivity contribution in [2.75, 3.05) is 27.3 Å². The van der Waals surface area contributed by atoms with Crippen molar-refractivity contribution in [3.05, 3.63) is 64.2 Å². The van der Waals surface area contributed by atoms with Crippen LogP contribution in [0.5, 0.6) is 17.2 Å². The molecule has 2 heterocycles. The topological polar surface area (TPSA) is 84.0 Å². The first-order valence-electron chi connectivity index (χ1n) is 10.1. The summed E-state index contributed by atoms with van der Waals surface area (Å²) in [6.45, 7) is 1.40. The summed E-state index contributed by atoms with van der Waals surface area (Å²) in [4.78, 5) is 17.4. The van der Waals surface area contributed by atoms with Crippen LogP contribution in [-0.2, 0) is 6.54 Å². The van der Waals surface area contributed by atoms with Gasteiger partial charge in [-0.1, -0.05) is 0 Å². The molecule has 8 heteroatoms. The molecule has 3 aromatic rings. The summed E-state index contributed by atoms with van der Waals surface area (Å²) < 4.78 is 29.7. The number of hydrogen-bond donors (Lipinski definition) is 2. The molecule has 7 nitrogen and oxygen atoms in total. The number of H-pyrrole nitrogens is 1. The molecule has 2 N–H and O–H groups in total. The monoisotopic (exact) mass is 428 g/mol. The van der Waals surface area contributed by atoms with E-state index in [1.807, 2.05) is 23.1 Å². The number of likely N-dealkylation sites (tertiary alicyclic amines) is 1. The van der Waals surface area contributed by atoms with Gasteiger partial charge < -0.3 is 24.3 Å². The third kappa shape index (κ3) is 4.65. The van der Waals surface area contributed by atoms with Crippen molar-refractivity contribution in [2.24, 2.45) is 0 Å². The number of methoxy groups -OCH3 is 2. The van der Waals surface area contributed by atoms with E-state index < -0.39 is 18.0 Å². The van der Waals surface area contributed by atoms with E-state index >= 15 is 0 Å². The fourth-order valence-corrected chi connectivity index (χ4v) is 3.87. The Hall–Kier alpha value is -3.10. The maximum atomic E-state index is 13.4. The highest BCUT2D eigenvalue weighted by atomic mass is 19.1. The Morgan fingerprint density at radius 2 is 1.97 bits per heavy atom. The molecule has 1 saturated heterocycles. The Morgan fingerprint density at radius 3 is 2.71 bits per heavy atom. The molecule has 1 aromatic heterocycles. The standard InChI is InChI=1S/C23H25FN2O5/c1-29-17-4-5-18-14(10-17)9-15(23(28)25-18)12-26-8-7-20(19(27)13-26)31-21-6-3-16(24)11-22(21)30-2/h3-6,9-11,19-20,27H,7-8,12-13H2,1-2H3,(H,25,28)/t19-,20-/m1/s1. The van der Waals surface area contributed by atoms with Crippen molar-refractivity contribution in [3.8, 4) is 17.2 Å². The average molecular weight is 428 g/mol. The summed E-state index contributed by atoms with van der Waals surface area (Å²) in [6.07, 6.45) is -0.654. The largest absolute Gasteiger partial charge is 0.497 e. The Morgan fingerprint density at radius 1 is 1.13 bits per heavy atom. The fourth-order valence-electron chi connectivity index (χ4n) is 3.87. The second kappa shape index (κ2) is 8.95. The van der Waals surface area contributed by atoms with Gasteiger partial charge in [-0.15, -0.1) is 0 Å². The Balaban J connectivity index is 1.44. The molecule has 164 valence electrons. The number of benzene rings is 2. The van der Waals surface area contributed by atoms with Crippen LogP contribution < -0.4 is 19.8 Å². The number of nitrogens with one attached hydrogen (secondary N) is 1. The Kier molecular flexibility index (Phi) is 6.11. The number of hydrogen-bond acceptors (Lipinski definition) is 6. The van der Waals surface area contributed by atoms with Crippen LogP contribution in [0, 0.1) is 5.82 Å². The van der Waals surface area contributed by atoms with Crippen molar-refractivity contribution in [2.45, 2.75) is 25.2 Å². The number of halogens is 1. The van der Waals surface area contributed by atoms with Crippen LogP contribution in [0.25, 0.3) is 10.9 Å². The zero-order chi connectivity index (χ0) is 22.0. The van der Waals surface area contributed by atoms with Gasteiger partial charge >= 0.3 is 0 Å². The SMILES string of the molecule is COc1ccc2[nH]c(=O)c(CN3CC[C@@H](Oc4ccc(F)cc4OC)[C@H](O)C3)cc2c1. The summed E-state index contributed by atoms with van der Waals surface area (Å²) in [5.41, 5.74) is 1.21.